The van der Waals surface area contributed by atoms with Crippen molar-refractivity contribution in [1.82, 2.24) is 9.88 Å². The lowest BCUT2D eigenvalue weighted by atomic mass is 10.1. The predicted molar refractivity (Wildman–Crippen MR) is 115 cm³/mol. The number of nitrogens with two attached hydrogens (primary N) is 1. The molecule has 0 aliphatic heterocycles. The molecule has 1 aliphatic carbocycles. The van der Waals surface area contributed by atoms with Crippen molar-refractivity contribution < 1.29 is 40.7 Å². The molecule has 0 saturated carbocycles. The fourth-order valence-electron chi connectivity index (χ4n) is 2.91. The number of aliphatic imine (C=N–C) groups is 1. The Balaban J connectivity index is 2.45. The minimum Gasteiger partial charge on any atom is -0.443 e. The molecule has 1 aromatic heterocycles. The van der Waals surface area contributed by atoms with E-state index < -0.39 is 53.5 Å². The summed E-state index contributed by atoms with van der Waals surface area (Å²) in [6.45, 7) is 3.61. The van der Waals surface area contributed by atoms with Gasteiger partial charge in [0.1, 0.15) is 17.0 Å². The van der Waals surface area contributed by atoms with Crippen LogP contribution in [0, 0.1) is 0 Å². The van der Waals surface area contributed by atoms with Gasteiger partial charge >= 0.3 is 18.4 Å². The number of amides is 2. The van der Waals surface area contributed by atoms with E-state index in [0.29, 0.717) is 42.6 Å². The molecule has 1 aromatic rings. The zero-order chi connectivity index (χ0) is 26.6. The quantitative estimate of drug-likeness (QED) is 0.423. The van der Waals surface area contributed by atoms with Gasteiger partial charge in [-0.15, -0.1) is 0 Å². The first-order valence-corrected chi connectivity index (χ1v) is 10.4. The van der Waals surface area contributed by atoms with Crippen LogP contribution in [0.25, 0.3) is 0 Å². The molecule has 0 aromatic carbocycles. The number of rotatable bonds is 5. The molecule has 13 heteroatoms. The topological polar surface area (TPSA) is 97.9 Å². The van der Waals surface area contributed by atoms with Crippen molar-refractivity contribution in [2.75, 3.05) is 6.54 Å². The Hall–Kier alpha value is -3.38. The summed E-state index contributed by atoms with van der Waals surface area (Å²) in [4.78, 5) is 33.0. The van der Waals surface area contributed by atoms with E-state index in [1.165, 1.54) is 20.8 Å². The van der Waals surface area contributed by atoms with Crippen molar-refractivity contribution in [3.8, 4) is 0 Å². The third kappa shape index (κ3) is 8.11. The van der Waals surface area contributed by atoms with Gasteiger partial charge in [-0.25, -0.2) is 14.7 Å². The number of halogens is 6. The first-order chi connectivity index (χ1) is 16.0. The lowest BCUT2D eigenvalue weighted by molar-refractivity contribution is -0.141. The van der Waals surface area contributed by atoms with Crippen molar-refractivity contribution in [2.45, 2.75) is 58.0 Å². The van der Waals surface area contributed by atoms with Gasteiger partial charge < -0.3 is 10.5 Å². The molecule has 0 bridgehead atoms. The van der Waals surface area contributed by atoms with E-state index in [0.717, 1.165) is 6.07 Å². The maximum Gasteiger partial charge on any atom is 0.433 e. The maximum atomic E-state index is 13.4. The van der Waals surface area contributed by atoms with E-state index in [4.69, 9.17) is 10.5 Å². The van der Waals surface area contributed by atoms with Crippen LogP contribution in [0.3, 0.4) is 0 Å². The van der Waals surface area contributed by atoms with Gasteiger partial charge in [0.15, 0.2) is 0 Å². The van der Waals surface area contributed by atoms with E-state index in [1.807, 2.05) is 0 Å². The predicted octanol–water partition coefficient (Wildman–Crippen LogP) is 5.45. The van der Waals surface area contributed by atoms with Crippen LogP contribution in [-0.4, -0.2) is 46.4 Å². The molecule has 0 atom stereocenters. The molecule has 2 N–H and O–H groups in total. The van der Waals surface area contributed by atoms with E-state index in [9.17, 15) is 35.9 Å². The number of hydrogen-bond donors (Lipinski definition) is 1. The SMILES string of the molecule is CC(C)(C)OC(=O)N(CC(C=Nc1ccc(C(F)(F)F)nc1)=C(N)C(F)(F)F)C(=O)C1=CCCC1. The Bertz CT molecular complexity index is 1040. The molecule has 35 heavy (non-hydrogen) atoms. The molecule has 192 valence electrons. The van der Waals surface area contributed by atoms with Gasteiger partial charge in [0.2, 0.25) is 0 Å². The highest BCUT2D eigenvalue weighted by molar-refractivity contribution is 6.03. The average Bonchev–Trinajstić information content (AvgIpc) is 3.25. The minimum atomic E-state index is -5.05. The molecule has 0 saturated heterocycles. The largest absolute Gasteiger partial charge is 0.443 e. The number of alkyl halides is 6. The Labute approximate surface area is 197 Å². The first-order valence-electron chi connectivity index (χ1n) is 10.4. The normalized spacial score (nSPS) is 15.6. The molecular weight excluding hydrogens is 482 g/mol. The lowest BCUT2D eigenvalue weighted by Gasteiger charge is -2.27. The highest BCUT2D eigenvalue weighted by Crippen LogP contribution is 2.29. The van der Waals surface area contributed by atoms with Crippen molar-refractivity contribution in [3.63, 3.8) is 0 Å². The Morgan fingerprint density at radius 1 is 1.17 bits per heavy atom. The molecule has 0 spiro atoms. The number of pyridine rings is 1. The van der Waals surface area contributed by atoms with Crippen molar-refractivity contribution in [3.05, 3.63) is 46.9 Å². The van der Waals surface area contributed by atoms with Crippen LogP contribution >= 0.6 is 0 Å². The summed E-state index contributed by atoms with van der Waals surface area (Å²) >= 11 is 0. The molecule has 1 heterocycles. The second-order valence-electron chi connectivity index (χ2n) is 8.59. The molecule has 1 aliphatic rings. The summed E-state index contributed by atoms with van der Waals surface area (Å²) in [5.74, 6) is -0.839. The van der Waals surface area contributed by atoms with Crippen LogP contribution in [0.1, 0.15) is 45.7 Å². The fourth-order valence-corrected chi connectivity index (χ4v) is 2.91. The van der Waals surface area contributed by atoms with Crippen molar-refractivity contribution in [2.24, 2.45) is 10.7 Å². The third-order valence-corrected chi connectivity index (χ3v) is 4.56. The van der Waals surface area contributed by atoms with Crippen LogP contribution in [0.4, 0.5) is 36.8 Å². The highest BCUT2D eigenvalue weighted by atomic mass is 19.4. The maximum absolute atomic E-state index is 13.4. The standard InChI is InChI=1S/C22H24F6N4O3/c1-20(2,3)35-19(34)32(18(33)13-6-4-5-7-13)12-14(17(29)22(26,27)28)10-30-15-8-9-16(31-11-15)21(23,24)25/h6,8-11H,4-5,7,12,29H2,1-3H3. The molecule has 0 radical (unpaired) electrons. The summed E-state index contributed by atoms with van der Waals surface area (Å²) in [6, 6.07) is 1.50. The summed E-state index contributed by atoms with van der Waals surface area (Å²) in [6.07, 6.45) is -6.49. The number of nitrogens with zero attached hydrogens (tertiary/aromatic N) is 3. The van der Waals surface area contributed by atoms with Gasteiger partial charge in [0, 0.05) is 17.4 Å². The molecule has 0 unspecified atom stereocenters. The van der Waals surface area contributed by atoms with Crippen LogP contribution in [0.2, 0.25) is 0 Å². The van der Waals surface area contributed by atoms with Gasteiger partial charge in [-0.1, -0.05) is 6.08 Å². The van der Waals surface area contributed by atoms with E-state index in [2.05, 4.69) is 9.98 Å². The van der Waals surface area contributed by atoms with E-state index in [-0.39, 0.29) is 11.3 Å². The summed E-state index contributed by atoms with van der Waals surface area (Å²) in [5.41, 5.74) is 0.620. The number of aromatic nitrogens is 1. The van der Waals surface area contributed by atoms with Gasteiger partial charge in [-0.05, 0) is 52.2 Å². The lowest BCUT2D eigenvalue weighted by Crippen LogP contribution is -2.43. The molecule has 0 fully saturated rings. The number of ether oxygens (including phenoxy) is 1. The Morgan fingerprint density at radius 2 is 1.83 bits per heavy atom. The fraction of sp³-hybridized carbons (Fsp3) is 0.455. The van der Waals surface area contributed by atoms with E-state index in [1.54, 1.807) is 6.08 Å². The Morgan fingerprint density at radius 3 is 2.29 bits per heavy atom. The van der Waals surface area contributed by atoms with Crippen LogP contribution in [-0.2, 0) is 15.7 Å². The third-order valence-electron chi connectivity index (χ3n) is 4.56. The van der Waals surface area contributed by atoms with Gasteiger partial charge in [-0.3, -0.25) is 9.79 Å². The average molecular weight is 506 g/mol. The number of imide groups is 1. The smallest absolute Gasteiger partial charge is 0.433 e. The highest BCUT2D eigenvalue weighted by Gasteiger charge is 2.37. The van der Waals surface area contributed by atoms with Crippen LogP contribution < -0.4 is 5.73 Å². The van der Waals surface area contributed by atoms with Crippen LogP contribution in [0.5, 0.6) is 0 Å². The van der Waals surface area contributed by atoms with Crippen molar-refractivity contribution in [1.29, 1.82) is 0 Å². The van der Waals surface area contributed by atoms with Crippen LogP contribution in [0.15, 0.2) is 46.2 Å². The zero-order valence-electron chi connectivity index (χ0n) is 19.1. The number of allylic oxidation sites excluding steroid dienone is 2. The molecule has 7 nitrogen and oxygen atoms in total. The molecule has 2 rings (SSSR count). The molecule has 2 amide bonds. The molecular formula is C22H24F6N4O3. The second-order valence-corrected chi connectivity index (χ2v) is 8.59. The van der Waals surface area contributed by atoms with Gasteiger partial charge in [0.25, 0.3) is 5.91 Å². The number of hydrogen-bond acceptors (Lipinski definition) is 6. The summed E-state index contributed by atoms with van der Waals surface area (Å²) < 4.78 is 83.5. The second kappa shape index (κ2) is 10.5. The summed E-state index contributed by atoms with van der Waals surface area (Å²) in [7, 11) is 0. The van der Waals surface area contributed by atoms with Gasteiger partial charge in [-0.2, -0.15) is 26.3 Å². The zero-order valence-corrected chi connectivity index (χ0v) is 19.1. The summed E-state index contributed by atoms with van der Waals surface area (Å²) in [5, 5.41) is 0. The van der Waals surface area contributed by atoms with Gasteiger partial charge in [0.05, 0.1) is 18.4 Å². The first kappa shape index (κ1) is 27.9. The minimum absolute atomic E-state index is 0.209. The van der Waals surface area contributed by atoms with Crippen molar-refractivity contribution >= 4 is 23.9 Å². The number of carbonyl (C=O) groups is 2. The Kier molecular flexibility index (Phi) is 8.35. The number of carbonyl (C=O) groups excluding carboxylic acids is 2. The van der Waals surface area contributed by atoms with E-state index >= 15 is 0 Å². The monoisotopic (exact) mass is 506 g/mol.